The minimum absolute atomic E-state index is 0.161. The van der Waals surface area contributed by atoms with E-state index in [9.17, 15) is 9.90 Å². The SMILES string of the molecule is CC1(C)CC(O)Nc2ccc(C(N)=O)cc21. The summed E-state index contributed by atoms with van der Waals surface area (Å²) in [6.07, 6.45) is 0.0734. The Kier molecular flexibility index (Phi) is 2.39. The first-order valence-corrected chi connectivity index (χ1v) is 5.29. The lowest BCUT2D eigenvalue weighted by molar-refractivity contribution is 0.1000. The number of primary amides is 1. The maximum Gasteiger partial charge on any atom is 0.248 e. The highest BCUT2D eigenvalue weighted by Gasteiger charge is 2.32. The number of carbonyl (C=O) groups is 1. The van der Waals surface area contributed by atoms with Crippen LogP contribution in [0.15, 0.2) is 18.2 Å². The Morgan fingerprint density at radius 1 is 1.56 bits per heavy atom. The van der Waals surface area contributed by atoms with E-state index in [0.29, 0.717) is 12.0 Å². The minimum atomic E-state index is -0.540. The lowest BCUT2D eigenvalue weighted by atomic mass is 9.77. The zero-order valence-electron chi connectivity index (χ0n) is 9.45. The Hall–Kier alpha value is -1.55. The van der Waals surface area contributed by atoms with Crippen LogP contribution in [-0.4, -0.2) is 17.2 Å². The molecule has 0 aromatic heterocycles. The molecule has 1 heterocycles. The summed E-state index contributed by atoms with van der Waals surface area (Å²) in [6.45, 7) is 4.08. The number of benzene rings is 1. The van der Waals surface area contributed by atoms with Crippen LogP contribution in [-0.2, 0) is 5.41 Å². The fourth-order valence-electron chi connectivity index (χ4n) is 2.21. The molecule has 1 aromatic carbocycles. The zero-order chi connectivity index (χ0) is 11.9. The van der Waals surface area contributed by atoms with Crippen LogP contribution >= 0.6 is 0 Å². The lowest BCUT2D eigenvalue weighted by Crippen LogP contribution is -2.36. The molecule has 0 bridgehead atoms. The van der Waals surface area contributed by atoms with Gasteiger partial charge in [0.05, 0.1) is 0 Å². The van der Waals surface area contributed by atoms with Crippen molar-refractivity contribution in [2.24, 2.45) is 5.73 Å². The molecule has 1 unspecified atom stereocenters. The monoisotopic (exact) mass is 220 g/mol. The van der Waals surface area contributed by atoms with Crippen molar-refractivity contribution < 1.29 is 9.90 Å². The van der Waals surface area contributed by atoms with Gasteiger partial charge < -0.3 is 16.2 Å². The third-order valence-corrected chi connectivity index (χ3v) is 3.06. The summed E-state index contributed by atoms with van der Waals surface area (Å²) in [5.74, 6) is -0.426. The van der Waals surface area contributed by atoms with E-state index in [1.165, 1.54) is 0 Å². The summed E-state index contributed by atoms with van der Waals surface area (Å²) in [6, 6.07) is 5.26. The van der Waals surface area contributed by atoms with Gasteiger partial charge in [-0.15, -0.1) is 0 Å². The molecule has 1 aromatic rings. The molecule has 4 nitrogen and oxygen atoms in total. The summed E-state index contributed by atoms with van der Waals surface area (Å²) < 4.78 is 0. The van der Waals surface area contributed by atoms with Crippen molar-refractivity contribution in [2.75, 3.05) is 5.32 Å². The molecule has 2 rings (SSSR count). The second kappa shape index (κ2) is 3.49. The Morgan fingerprint density at radius 3 is 2.88 bits per heavy atom. The van der Waals surface area contributed by atoms with Gasteiger partial charge in [-0.05, 0) is 29.2 Å². The molecule has 0 fully saturated rings. The number of nitrogens with one attached hydrogen (secondary N) is 1. The number of aliphatic hydroxyl groups excluding tert-OH is 1. The maximum absolute atomic E-state index is 11.1. The molecule has 86 valence electrons. The first kappa shape index (κ1) is 11.0. The van der Waals surface area contributed by atoms with Gasteiger partial charge in [-0.25, -0.2) is 0 Å². The Morgan fingerprint density at radius 2 is 2.25 bits per heavy atom. The fourth-order valence-corrected chi connectivity index (χ4v) is 2.21. The largest absolute Gasteiger partial charge is 0.374 e. The second-order valence-electron chi connectivity index (χ2n) is 4.87. The number of anilines is 1. The van der Waals surface area contributed by atoms with Crippen molar-refractivity contribution >= 4 is 11.6 Å². The van der Waals surface area contributed by atoms with Crippen molar-refractivity contribution in [1.82, 2.24) is 0 Å². The van der Waals surface area contributed by atoms with Gasteiger partial charge in [-0.3, -0.25) is 4.79 Å². The van der Waals surface area contributed by atoms with Crippen molar-refractivity contribution in [3.8, 4) is 0 Å². The average molecular weight is 220 g/mol. The number of rotatable bonds is 1. The summed E-state index contributed by atoms with van der Waals surface area (Å²) in [5, 5.41) is 12.7. The fraction of sp³-hybridized carbons (Fsp3) is 0.417. The molecule has 4 heteroatoms. The van der Waals surface area contributed by atoms with Gasteiger partial charge >= 0.3 is 0 Å². The number of carbonyl (C=O) groups excluding carboxylic acids is 1. The van der Waals surface area contributed by atoms with Gasteiger partial charge in [0.25, 0.3) is 0 Å². The highest BCUT2D eigenvalue weighted by atomic mass is 16.3. The topological polar surface area (TPSA) is 75.3 Å². The molecule has 4 N–H and O–H groups in total. The number of hydrogen-bond acceptors (Lipinski definition) is 3. The number of nitrogens with two attached hydrogens (primary N) is 1. The van der Waals surface area contributed by atoms with Crippen LogP contribution in [0.5, 0.6) is 0 Å². The van der Waals surface area contributed by atoms with Gasteiger partial charge in [0.15, 0.2) is 0 Å². The summed E-state index contributed by atoms with van der Waals surface area (Å²) >= 11 is 0. The number of hydrogen-bond donors (Lipinski definition) is 3. The van der Waals surface area contributed by atoms with E-state index in [0.717, 1.165) is 11.3 Å². The summed E-state index contributed by atoms with van der Waals surface area (Å²) in [4.78, 5) is 11.1. The van der Waals surface area contributed by atoms with Crippen LogP contribution in [0.25, 0.3) is 0 Å². The number of fused-ring (bicyclic) bond motifs is 1. The predicted molar refractivity (Wildman–Crippen MR) is 62.2 cm³/mol. The van der Waals surface area contributed by atoms with Crippen LogP contribution in [0.2, 0.25) is 0 Å². The van der Waals surface area contributed by atoms with E-state index in [-0.39, 0.29) is 5.41 Å². The normalized spacial score (nSPS) is 22.1. The predicted octanol–water partition coefficient (Wildman–Crippen LogP) is 1.20. The smallest absolute Gasteiger partial charge is 0.248 e. The Balaban J connectivity index is 2.52. The molecule has 0 saturated heterocycles. The molecule has 1 atom stereocenters. The van der Waals surface area contributed by atoms with Gasteiger partial charge in [-0.2, -0.15) is 0 Å². The van der Waals surface area contributed by atoms with Crippen molar-refractivity contribution in [1.29, 1.82) is 0 Å². The molecule has 0 saturated carbocycles. The van der Waals surface area contributed by atoms with Crippen LogP contribution in [0, 0.1) is 0 Å². The Bertz CT molecular complexity index is 441. The molecular formula is C12H16N2O2. The van der Waals surface area contributed by atoms with E-state index in [1.54, 1.807) is 18.2 Å². The molecule has 0 aliphatic carbocycles. The first-order chi connectivity index (χ1) is 7.40. The molecule has 16 heavy (non-hydrogen) atoms. The highest BCUT2D eigenvalue weighted by Crippen LogP contribution is 2.38. The maximum atomic E-state index is 11.1. The Labute approximate surface area is 94.5 Å². The van der Waals surface area contributed by atoms with E-state index in [1.807, 2.05) is 13.8 Å². The first-order valence-electron chi connectivity index (χ1n) is 5.29. The van der Waals surface area contributed by atoms with Crippen molar-refractivity contribution in [3.63, 3.8) is 0 Å². The summed E-state index contributed by atoms with van der Waals surface area (Å²) in [7, 11) is 0. The molecule has 1 amide bonds. The third kappa shape index (κ3) is 1.76. The average Bonchev–Trinajstić information content (AvgIpc) is 2.15. The quantitative estimate of drug-likeness (QED) is 0.665. The molecule has 1 aliphatic rings. The van der Waals surface area contributed by atoms with E-state index in [2.05, 4.69) is 5.32 Å². The van der Waals surface area contributed by atoms with Crippen molar-refractivity contribution in [2.45, 2.75) is 31.9 Å². The van der Waals surface area contributed by atoms with Crippen LogP contribution in [0.4, 0.5) is 5.69 Å². The van der Waals surface area contributed by atoms with Gasteiger partial charge in [0, 0.05) is 17.7 Å². The summed E-state index contributed by atoms with van der Waals surface area (Å²) in [5.41, 5.74) is 7.49. The zero-order valence-corrected chi connectivity index (χ0v) is 9.45. The molecule has 0 radical (unpaired) electrons. The van der Waals surface area contributed by atoms with Gasteiger partial charge in [-0.1, -0.05) is 13.8 Å². The van der Waals surface area contributed by atoms with Crippen LogP contribution in [0.1, 0.15) is 36.2 Å². The number of aliphatic hydroxyl groups is 1. The second-order valence-corrected chi connectivity index (χ2v) is 4.87. The van der Waals surface area contributed by atoms with E-state index in [4.69, 9.17) is 5.73 Å². The molecule has 0 spiro atoms. The van der Waals surface area contributed by atoms with Gasteiger partial charge in [0.2, 0.25) is 5.91 Å². The lowest BCUT2D eigenvalue weighted by Gasteiger charge is -2.36. The standard InChI is InChI=1S/C12H16N2O2/c1-12(2)6-10(15)14-9-4-3-7(11(13)16)5-8(9)12/h3-5,10,14-15H,6H2,1-2H3,(H2,13,16). The molecule has 1 aliphatic heterocycles. The number of amides is 1. The molecular weight excluding hydrogens is 204 g/mol. The third-order valence-electron chi connectivity index (χ3n) is 3.06. The minimum Gasteiger partial charge on any atom is -0.374 e. The van der Waals surface area contributed by atoms with E-state index >= 15 is 0 Å². The van der Waals surface area contributed by atoms with Crippen LogP contribution < -0.4 is 11.1 Å². The van der Waals surface area contributed by atoms with Crippen molar-refractivity contribution in [3.05, 3.63) is 29.3 Å². The van der Waals surface area contributed by atoms with Gasteiger partial charge in [0.1, 0.15) is 6.23 Å². The van der Waals surface area contributed by atoms with E-state index < -0.39 is 12.1 Å². The highest BCUT2D eigenvalue weighted by molar-refractivity contribution is 5.93. The van der Waals surface area contributed by atoms with Crippen LogP contribution in [0.3, 0.4) is 0 Å².